The third-order valence-corrected chi connectivity index (χ3v) is 7.65. The Bertz CT molecular complexity index is 1290. The average Bonchev–Trinajstić information content (AvgIpc) is 3.10. The molecule has 0 aliphatic rings. The first-order valence-electron chi connectivity index (χ1n) is 10.6. The van der Waals surface area contributed by atoms with Crippen LogP contribution >= 0.6 is 11.3 Å². The van der Waals surface area contributed by atoms with E-state index in [9.17, 15) is 18.0 Å². The molecule has 0 saturated carbocycles. The van der Waals surface area contributed by atoms with E-state index < -0.39 is 9.84 Å². The normalized spacial score (nSPS) is 12.2. The quantitative estimate of drug-likeness (QED) is 0.440. The second-order valence-electron chi connectivity index (χ2n) is 7.34. The fraction of sp³-hybridized carbons (Fsp3) is 0.348. The number of nitrogens with zero attached hydrogens (tertiary/aromatic N) is 2. The summed E-state index contributed by atoms with van der Waals surface area (Å²) >= 11 is 1.34. The van der Waals surface area contributed by atoms with Gasteiger partial charge in [-0.15, -0.1) is 0 Å². The van der Waals surface area contributed by atoms with Gasteiger partial charge < -0.3 is 14.6 Å². The molecule has 176 valence electrons. The van der Waals surface area contributed by atoms with Crippen molar-refractivity contribution in [3.8, 4) is 0 Å². The van der Waals surface area contributed by atoms with Gasteiger partial charge in [0.1, 0.15) is 0 Å². The van der Waals surface area contributed by atoms with E-state index in [0.717, 1.165) is 10.2 Å². The molecule has 0 atom stereocenters. The minimum Gasteiger partial charge on any atom is -0.380 e. The molecule has 0 bridgehead atoms. The van der Waals surface area contributed by atoms with E-state index >= 15 is 0 Å². The van der Waals surface area contributed by atoms with Crippen LogP contribution in [0.4, 0.5) is 5.69 Å². The molecule has 2 amide bonds. The summed E-state index contributed by atoms with van der Waals surface area (Å²) in [5.41, 5.74) is 1.55. The smallest absolute Gasteiger partial charge is 0.248 e. The van der Waals surface area contributed by atoms with Crippen LogP contribution in [0.2, 0.25) is 0 Å². The lowest BCUT2D eigenvalue weighted by Crippen LogP contribution is -2.20. The first-order chi connectivity index (χ1) is 15.8. The fourth-order valence-corrected chi connectivity index (χ4v) is 5.72. The molecule has 0 spiro atoms. The van der Waals surface area contributed by atoms with Gasteiger partial charge in [-0.3, -0.25) is 9.59 Å². The van der Waals surface area contributed by atoms with E-state index in [1.165, 1.54) is 18.3 Å². The number of anilines is 1. The zero-order valence-corrected chi connectivity index (χ0v) is 20.2. The van der Waals surface area contributed by atoms with Crippen LogP contribution in [0.25, 0.3) is 10.2 Å². The number of carbonyl (C=O) groups is 2. The molecule has 10 heteroatoms. The molecule has 3 aromatic rings. The molecule has 33 heavy (non-hydrogen) atoms. The number of amides is 2. The van der Waals surface area contributed by atoms with Crippen LogP contribution in [0.15, 0.2) is 58.4 Å². The van der Waals surface area contributed by atoms with Crippen LogP contribution in [-0.4, -0.2) is 43.8 Å². The number of aromatic nitrogens is 1. The van der Waals surface area contributed by atoms with Crippen LogP contribution in [0.5, 0.6) is 0 Å². The number of hydrogen-bond acceptors (Lipinski definition) is 6. The van der Waals surface area contributed by atoms with Crippen molar-refractivity contribution in [2.24, 2.45) is 4.99 Å². The maximum Gasteiger partial charge on any atom is 0.248 e. The number of sulfone groups is 1. The summed E-state index contributed by atoms with van der Waals surface area (Å²) in [7, 11) is -3.43. The summed E-state index contributed by atoms with van der Waals surface area (Å²) in [4.78, 5) is 28.9. The Hall–Kier alpha value is -2.82. The van der Waals surface area contributed by atoms with Crippen molar-refractivity contribution in [2.45, 2.75) is 38.1 Å². The van der Waals surface area contributed by atoms with Crippen LogP contribution in [0.3, 0.4) is 0 Å². The number of hydrogen-bond donors (Lipinski definition) is 1. The van der Waals surface area contributed by atoms with E-state index in [4.69, 9.17) is 4.74 Å². The zero-order chi connectivity index (χ0) is 23.8. The molecule has 2 aromatic carbocycles. The number of carbonyl (C=O) groups excluding carboxylic acids is 2. The van der Waals surface area contributed by atoms with Crippen molar-refractivity contribution in [3.63, 3.8) is 0 Å². The molecular formula is C23H27N3O5S2. The number of nitrogens with one attached hydrogen (secondary N) is 1. The molecule has 0 unspecified atom stereocenters. The molecule has 0 aliphatic carbocycles. The van der Waals surface area contributed by atoms with Gasteiger partial charge in [-0.25, -0.2) is 8.42 Å². The molecule has 3 rings (SSSR count). The van der Waals surface area contributed by atoms with Crippen LogP contribution in [0.1, 0.15) is 26.7 Å². The predicted octanol–water partition coefficient (Wildman–Crippen LogP) is 3.38. The SMILES string of the molecule is CCOCCn1c(=NC(=O)CCCS(=O)(=O)c2ccccc2)sc2cc(NC(C)=O)ccc21. The van der Waals surface area contributed by atoms with E-state index in [-0.39, 0.29) is 35.3 Å². The third-order valence-electron chi connectivity index (χ3n) is 4.79. The summed E-state index contributed by atoms with van der Waals surface area (Å²) in [6, 6.07) is 13.7. The predicted molar refractivity (Wildman–Crippen MR) is 129 cm³/mol. The van der Waals surface area contributed by atoms with Gasteiger partial charge in [-0.1, -0.05) is 29.5 Å². The van der Waals surface area contributed by atoms with Gasteiger partial charge in [0.05, 0.1) is 27.5 Å². The molecule has 1 heterocycles. The summed E-state index contributed by atoms with van der Waals surface area (Å²) in [5.74, 6) is -0.660. The van der Waals surface area contributed by atoms with Crippen molar-refractivity contribution < 1.29 is 22.7 Å². The Labute approximate surface area is 196 Å². The molecule has 8 nitrogen and oxygen atoms in total. The lowest BCUT2D eigenvalue weighted by atomic mass is 10.3. The van der Waals surface area contributed by atoms with Crippen molar-refractivity contribution in [1.29, 1.82) is 0 Å². The number of thiazole rings is 1. The number of ether oxygens (including phenoxy) is 1. The summed E-state index contributed by atoms with van der Waals surface area (Å²) in [6.45, 7) is 4.91. The average molecular weight is 490 g/mol. The van der Waals surface area contributed by atoms with E-state index in [1.807, 2.05) is 23.6 Å². The topological polar surface area (TPSA) is 107 Å². The number of fused-ring (bicyclic) bond motifs is 1. The Kier molecular flexibility index (Phi) is 8.54. The second kappa shape index (κ2) is 11.4. The first-order valence-corrected chi connectivity index (χ1v) is 13.1. The Morgan fingerprint density at radius 3 is 2.61 bits per heavy atom. The first kappa shape index (κ1) is 24.8. The van der Waals surface area contributed by atoms with Crippen molar-refractivity contribution in [1.82, 2.24) is 4.57 Å². The zero-order valence-electron chi connectivity index (χ0n) is 18.6. The summed E-state index contributed by atoms with van der Waals surface area (Å²) in [5, 5.41) is 2.75. The lowest BCUT2D eigenvalue weighted by molar-refractivity contribution is -0.118. The van der Waals surface area contributed by atoms with Gasteiger partial charge in [0, 0.05) is 32.2 Å². The summed E-state index contributed by atoms with van der Waals surface area (Å²) in [6.07, 6.45) is 0.221. The Morgan fingerprint density at radius 1 is 1.15 bits per heavy atom. The standard InChI is InChI=1S/C23H27N3O5S2/c1-3-31-14-13-26-20-12-11-18(24-17(2)27)16-21(20)32-23(26)25-22(28)10-7-15-33(29,30)19-8-5-4-6-9-19/h4-6,8-9,11-12,16H,3,7,10,13-15H2,1-2H3,(H,24,27). The highest BCUT2D eigenvalue weighted by molar-refractivity contribution is 7.91. The maximum absolute atomic E-state index is 12.5. The molecule has 1 N–H and O–H groups in total. The highest BCUT2D eigenvalue weighted by Gasteiger charge is 2.15. The minimum absolute atomic E-state index is 0.0307. The van der Waals surface area contributed by atoms with Gasteiger partial charge in [0.15, 0.2) is 14.6 Å². The van der Waals surface area contributed by atoms with Crippen LogP contribution < -0.4 is 10.1 Å². The van der Waals surface area contributed by atoms with Crippen molar-refractivity contribution in [3.05, 3.63) is 53.3 Å². The summed E-state index contributed by atoms with van der Waals surface area (Å²) < 4.78 is 33.1. The third kappa shape index (κ3) is 6.83. The highest BCUT2D eigenvalue weighted by Crippen LogP contribution is 2.22. The van der Waals surface area contributed by atoms with Crippen molar-refractivity contribution in [2.75, 3.05) is 24.3 Å². The van der Waals surface area contributed by atoms with Crippen LogP contribution in [-0.2, 0) is 30.7 Å². The minimum atomic E-state index is -3.43. The van der Waals surface area contributed by atoms with Gasteiger partial charge >= 0.3 is 0 Å². The van der Waals surface area contributed by atoms with Gasteiger partial charge in [-0.2, -0.15) is 4.99 Å². The fourth-order valence-electron chi connectivity index (χ4n) is 3.28. The molecule has 0 fully saturated rings. The second-order valence-corrected chi connectivity index (χ2v) is 10.5. The van der Waals surface area contributed by atoms with Gasteiger partial charge in [0.25, 0.3) is 0 Å². The Morgan fingerprint density at radius 2 is 1.91 bits per heavy atom. The van der Waals surface area contributed by atoms with Crippen molar-refractivity contribution >= 4 is 48.9 Å². The largest absolute Gasteiger partial charge is 0.380 e. The van der Waals surface area contributed by atoms with E-state index in [0.29, 0.717) is 30.2 Å². The van der Waals surface area contributed by atoms with Gasteiger partial charge in [-0.05, 0) is 43.7 Å². The molecular weight excluding hydrogens is 462 g/mol. The molecule has 0 aliphatic heterocycles. The highest BCUT2D eigenvalue weighted by atomic mass is 32.2. The van der Waals surface area contributed by atoms with E-state index in [2.05, 4.69) is 10.3 Å². The lowest BCUT2D eigenvalue weighted by Gasteiger charge is -2.06. The monoisotopic (exact) mass is 489 g/mol. The Balaban J connectivity index is 1.79. The molecule has 1 aromatic heterocycles. The number of benzene rings is 2. The van der Waals surface area contributed by atoms with Crippen LogP contribution in [0, 0.1) is 0 Å². The molecule has 0 radical (unpaired) electrons. The molecule has 0 saturated heterocycles. The number of rotatable bonds is 10. The van der Waals surface area contributed by atoms with E-state index in [1.54, 1.807) is 36.4 Å². The maximum atomic E-state index is 12.5. The van der Waals surface area contributed by atoms with Gasteiger partial charge in [0.2, 0.25) is 11.8 Å².